The maximum Gasteiger partial charge on any atom is 0.0291 e. The van der Waals surface area contributed by atoms with Gasteiger partial charge in [-0.3, -0.25) is 0 Å². The molecule has 2 atom stereocenters. The van der Waals surface area contributed by atoms with E-state index in [1.54, 1.807) is 0 Å². The van der Waals surface area contributed by atoms with Crippen molar-refractivity contribution in [2.24, 2.45) is 5.92 Å². The van der Waals surface area contributed by atoms with E-state index in [1.807, 2.05) is 0 Å². The van der Waals surface area contributed by atoms with Crippen molar-refractivity contribution in [2.75, 3.05) is 18.1 Å². The van der Waals surface area contributed by atoms with E-state index in [4.69, 9.17) is 0 Å². The van der Waals surface area contributed by atoms with Gasteiger partial charge in [-0.2, -0.15) is 11.8 Å². The third kappa shape index (κ3) is 4.03. The smallest absolute Gasteiger partial charge is 0.0291 e. The van der Waals surface area contributed by atoms with Gasteiger partial charge in [0, 0.05) is 6.04 Å². The molecule has 1 N–H and O–H groups in total. The molecular weight excluding hydrogens is 238 g/mol. The molecule has 1 saturated heterocycles. The largest absolute Gasteiger partial charge is 0.310 e. The normalized spacial score (nSPS) is 21.1. The van der Waals surface area contributed by atoms with Crippen LogP contribution >= 0.6 is 11.8 Å². The van der Waals surface area contributed by atoms with Crippen LogP contribution in [0.25, 0.3) is 0 Å². The highest BCUT2D eigenvalue weighted by Gasteiger charge is 2.16. The van der Waals surface area contributed by atoms with Crippen molar-refractivity contribution in [3.8, 4) is 0 Å². The molecule has 1 heterocycles. The lowest BCUT2D eigenvalue weighted by Crippen LogP contribution is -2.25. The molecule has 18 heavy (non-hydrogen) atoms. The zero-order valence-electron chi connectivity index (χ0n) is 11.6. The van der Waals surface area contributed by atoms with E-state index in [9.17, 15) is 0 Å². The number of aryl methyl sites for hydroxylation is 1. The summed E-state index contributed by atoms with van der Waals surface area (Å²) in [5, 5.41) is 3.68. The number of benzene rings is 1. The van der Waals surface area contributed by atoms with Gasteiger partial charge in [-0.25, -0.2) is 0 Å². The number of rotatable bonds is 6. The van der Waals surface area contributed by atoms with Crippen LogP contribution < -0.4 is 5.32 Å². The number of hydrogen-bond acceptors (Lipinski definition) is 2. The van der Waals surface area contributed by atoms with Crippen molar-refractivity contribution in [3.63, 3.8) is 0 Å². The summed E-state index contributed by atoms with van der Waals surface area (Å²) in [6.45, 7) is 5.68. The van der Waals surface area contributed by atoms with Gasteiger partial charge in [0.25, 0.3) is 0 Å². The molecular formula is C16H25NS. The molecule has 0 spiro atoms. The van der Waals surface area contributed by atoms with Gasteiger partial charge < -0.3 is 5.32 Å². The van der Waals surface area contributed by atoms with Crippen LogP contribution in [0, 0.1) is 5.92 Å². The second kappa shape index (κ2) is 7.20. The standard InChI is InChI=1S/C16H25NS/c1-3-4-14-5-7-16(8-6-14)13(2)17-11-15-9-10-18-12-15/h5-8,13,15,17H,3-4,9-12H2,1-2H3. The van der Waals surface area contributed by atoms with Crippen LogP contribution in [-0.2, 0) is 6.42 Å². The highest BCUT2D eigenvalue weighted by molar-refractivity contribution is 7.99. The monoisotopic (exact) mass is 263 g/mol. The summed E-state index contributed by atoms with van der Waals surface area (Å²) in [4.78, 5) is 0. The summed E-state index contributed by atoms with van der Waals surface area (Å²) < 4.78 is 0. The van der Waals surface area contributed by atoms with Crippen LogP contribution in [-0.4, -0.2) is 18.1 Å². The third-order valence-electron chi connectivity index (χ3n) is 3.76. The van der Waals surface area contributed by atoms with Crippen molar-refractivity contribution < 1.29 is 0 Å². The van der Waals surface area contributed by atoms with E-state index in [0.717, 1.165) is 5.92 Å². The fraction of sp³-hybridized carbons (Fsp3) is 0.625. The molecule has 1 aliphatic rings. The molecule has 2 rings (SSSR count). The van der Waals surface area contributed by atoms with Gasteiger partial charge in [-0.05, 0) is 54.9 Å². The summed E-state index contributed by atoms with van der Waals surface area (Å²) in [6, 6.07) is 9.61. The fourth-order valence-corrected chi connectivity index (χ4v) is 3.75. The minimum absolute atomic E-state index is 0.478. The van der Waals surface area contributed by atoms with E-state index >= 15 is 0 Å². The summed E-state index contributed by atoms with van der Waals surface area (Å²) in [7, 11) is 0. The Labute approximate surface area is 116 Å². The zero-order valence-corrected chi connectivity index (χ0v) is 12.4. The lowest BCUT2D eigenvalue weighted by molar-refractivity contribution is 0.477. The van der Waals surface area contributed by atoms with Crippen LogP contribution in [0.2, 0.25) is 0 Å². The molecule has 1 nitrogen and oxygen atoms in total. The molecule has 0 bridgehead atoms. The molecule has 1 aliphatic heterocycles. The minimum Gasteiger partial charge on any atom is -0.310 e. The molecule has 100 valence electrons. The molecule has 2 unspecified atom stereocenters. The van der Waals surface area contributed by atoms with Crippen molar-refractivity contribution in [1.82, 2.24) is 5.32 Å². The average molecular weight is 263 g/mol. The van der Waals surface area contributed by atoms with Gasteiger partial charge >= 0.3 is 0 Å². The molecule has 0 saturated carbocycles. The average Bonchev–Trinajstić information content (AvgIpc) is 2.90. The first-order valence-electron chi connectivity index (χ1n) is 7.19. The minimum atomic E-state index is 0.478. The Morgan fingerprint density at radius 2 is 2.11 bits per heavy atom. The first kappa shape index (κ1) is 14.0. The van der Waals surface area contributed by atoms with Crippen molar-refractivity contribution >= 4 is 11.8 Å². The lowest BCUT2D eigenvalue weighted by Gasteiger charge is -2.17. The Kier molecular flexibility index (Phi) is 5.58. The molecule has 0 aromatic heterocycles. The van der Waals surface area contributed by atoms with Crippen LogP contribution in [0.5, 0.6) is 0 Å². The Hall–Kier alpha value is -0.470. The van der Waals surface area contributed by atoms with E-state index in [2.05, 4.69) is 55.2 Å². The van der Waals surface area contributed by atoms with Crippen LogP contribution in [0.3, 0.4) is 0 Å². The SMILES string of the molecule is CCCc1ccc(C(C)NCC2CCSC2)cc1. The molecule has 1 aromatic carbocycles. The highest BCUT2D eigenvalue weighted by Crippen LogP contribution is 2.23. The molecule has 0 radical (unpaired) electrons. The summed E-state index contributed by atoms with van der Waals surface area (Å²) in [5.74, 6) is 3.58. The van der Waals surface area contributed by atoms with E-state index in [0.29, 0.717) is 6.04 Å². The Morgan fingerprint density at radius 3 is 2.72 bits per heavy atom. The first-order chi connectivity index (χ1) is 8.79. The maximum absolute atomic E-state index is 3.68. The lowest BCUT2D eigenvalue weighted by atomic mass is 10.0. The third-order valence-corrected chi connectivity index (χ3v) is 4.99. The Morgan fingerprint density at radius 1 is 1.33 bits per heavy atom. The quantitative estimate of drug-likeness (QED) is 0.831. The topological polar surface area (TPSA) is 12.0 Å². The van der Waals surface area contributed by atoms with Crippen LogP contribution in [0.4, 0.5) is 0 Å². The number of nitrogens with one attached hydrogen (secondary N) is 1. The molecule has 1 aromatic rings. The summed E-state index contributed by atoms with van der Waals surface area (Å²) in [5.41, 5.74) is 2.88. The van der Waals surface area contributed by atoms with E-state index < -0.39 is 0 Å². The van der Waals surface area contributed by atoms with E-state index in [1.165, 1.54) is 48.4 Å². The summed E-state index contributed by atoms with van der Waals surface area (Å²) in [6.07, 6.45) is 3.81. The molecule has 0 aliphatic carbocycles. The molecule has 1 fully saturated rings. The second-order valence-electron chi connectivity index (χ2n) is 5.35. The van der Waals surface area contributed by atoms with Gasteiger partial charge in [-0.15, -0.1) is 0 Å². The highest BCUT2D eigenvalue weighted by atomic mass is 32.2. The van der Waals surface area contributed by atoms with Crippen molar-refractivity contribution in [1.29, 1.82) is 0 Å². The van der Waals surface area contributed by atoms with Crippen molar-refractivity contribution in [3.05, 3.63) is 35.4 Å². The van der Waals surface area contributed by atoms with Gasteiger partial charge in [0.1, 0.15) is 0 Å². The number of hydrogen-bond donors (Lipinski definition) is 1. The molecule has 0 amide bonds. The van der Waals surface area contributed by atoms with Gasteiger partial charge in [0.2, 0.25) is 0 Å². The predicted octanol–water partition coefficient (Wildman–Crippen LogP) is 4.04. The van der Waals surface area contributed by atoms with Crippen LogP contribution in [0.15, 0.2) is 24.3 Å². The maximum atomic E-state index is 3.68. The zero-order chi connectivity index (χ0) is 12.8. The Bertz CT molecular complexity index is 341. The van der Waals surface area contributed by atoms with Gasteiger partial charge in [0.15, 0.2) is 0 Å². The predicted molar refractivity (Wildman–Crippen MR) is 82.3 cm³/mol. The second-order valence-corrected chi connectivity index (χ2v) is 6.50. The summed E-state index contributed by atoms with van der Waals surface area (Å²) >= 11 is 2.10. The van der Waals surface area contributed by atoms with Crippen molar-refractivity contribution in [2.45, 2.75) is 39.2 Å². The van der Waals surface area contributed by atoms with Gasteiger partial charge in [0.05, 0.1) is 0 Å². The first-order valence-corrected chi connectivity index (χ1v) is 8.35. The fourth-order valence-electron chi connectivity index (χ4n) is 2.47. The Balaban J connectivity index is 1.81. The number of thioether (sulfide) groups is 1. The van der Waals surface area contributed by atoms with Crippen LogP contribution in [0.1, 0.15) is 43.9 Å². The van der Waals surface area contributed by atoms with E-state index in [-0.39, 0.29) is 0 Å². The molecule has 2 heteroatoms. The van der Waals surface area contributed by atoms with Gasteiger partial charge in [-0.1, -0.05) is 37.6 Å².